The molecule has 0 aliphatic carbocycles. The zero-order valence-electron chi connectivity index (χ0n) is 13.4. The summed E-state index contributed by atoms with van der Waals surface area (Å²) in [5.74, 6) is -0.295. The smallest absolute Gasteiger partial charge is 0.228 e. The van der Waals surface area contributed by atoms with E-state index in [9.17, 15) is 14.5 Å². The summed E-state index contributed by atoms with van der Waals surface area (Å²) in [4.78, 5) is 12.2. The van der Waals surface area contributed by atoms with Gasteiger partial charge in [0.1, 0.15) is 0 Å². The summed E-state index contributed by atoms with van der Waals surface area (Å²) in [7, 11) is -3.04. The summed E-state index contributed by atoms with van der Waals surface area (Å²) < 4.78 is 18.7. The van der Waals surface area contributed by atoms with E-state index in [1.165, 1.54) is 0 Å². The minimum absolute atomic E-state index is 0.0947. The quantitative estimate of drug-likeness (QED) is 0.530. The Bertz CT molecular complexity index is 632. The third-order valence-corrected chi connectivity index (χ3v) is 6.51. The first-order valence-electron chi connectivity index (χ1n) is 7.79. The fourth-order valence-corrected chi connectivity index (χ4v) is 4.84. The first kappa shape index (κ1) is 18.4. The van der Waals surface area contributed by atoms with Crippen LogP contribution in [0.4, 0.5) is 0 Å². The lowest BCUT2D eigenvalue weighted by atomic mass is 10.4. The zero-order valence-corrected chi connectivity index (χ0v) is 14.3. The number of rotatable bonds is 9. The van der Waals surface area contributed by atoms with Crippen molar-refractivity contribution in [3.63, 3.8) is 0 Å². The molecular weight excluding hydrogens is 325 g/mol. The third kappa shape index (κ3) is 5.03. The van der Waals surface area contributed by atoms with E-state index in [-0.39, 0.29) is 31.9 Å². The molecule has 128 valence electrons. The number of benzene rings is 2. The number of ether oxygens (including phenoxy) is 1. The first-order chi connectivity index (χ1) is 11.7. The Hall–Kier alpha value is -1.94. The molecule has 1 N–H and O–H groups in total. The van der Waals surface area contributed by atoms with Gasteiger partial charge in [-0.05, 0) is 0 Å². The van der Waals surface area contributed by atoms with Crippen molar-refractivity contribution in [2.45, 2.75) is 0 Å². The second-order valence-corrected chi connectivity index (χ2v) is 8.06. The monoisotopic (exact) mass is 346 g/mol. The Morgan fingerprint density at radius 1 is 0.958 bits per heavy atom. The van der Waals surface area contributed by atoms with Gasteiger partial charge in [-0.2, -0.15) is 0 Å². The van der Waals surface area contributed by atoms with Gasteiger partial charge >= 0.3 is 0 Å². The number of carbonyl (C=O) groups excluding carboxylic acids is 1. The van der Waals surface area contributed by atoms with E-state index in [1.807, 2.05) is 36.4 Å². The highest BCUT2D eigenvalue weighted by Gasteiger charge is 2.29. The van der Waals surface area contributed by atoms with Crippen molar-refractivity contribution >= 4 is 23.7 Å². The molecular formula is C18H21NO4P-. The topological polar surface area (TPSA) is 78.5 Å². The number of carbonyl (C=O) groups is 1. The Balaban J connectivity index is 2.11. The fraction of sp³-hybridized carbons (Fsp3) is 0.278. The molecule has 0 aliphatic rings. The Kier molecular flexibility index (Phi) is 7.19. The highest BCUT2D eigenvalue weighted by atomic mass is 31.2. The van der Waals surface area contributed by atoms with Crippen molar-refractivity contribution in [1.29, 1.82) is 0 Å². The van der Waals surface area contributed by atoms with Crippen molar-refractivity contribution in [2.24, 2.45) is 0 Å². The Morgan fingerprint density at radius 3 is 2.00 bits per heavy atom. The largest absolute Gasteiger partial charge is 0.853 e. The maximum absolute atomic E-state index is 13.6. The summed E-state index contributed by atoms with van der Waals surface area (Å²) in [5, 5.41) is 14.3. The van der Waals surface area contributed by atoms with Gasteiger partial charge in [0, 0.05) is 23.8 Å². The fourth-order valence-electron chi connectivity index (χ4n) is 2.35. The summed E-state index contributed by atoms with van der Waals surface area (Å²) in [5.41, 5.74) is 0. The molecule has 6 heteroatoms. The molecule has 2 rings (SSSR count). The maximum atomic E-state index is 13.6. The highest BCUT2D eigenvalue weighted by molar-refractivity contribution is 7.79. The highest BCUT2D eigenvalue weighted by Crippen LogP contribution is 2.42. The number of hydrogen-bond donors (Lipinski definition) is 1. The Morgan fingerprint density at radius 2 is 1.50 bits per heavy atom. The van der Waals surface area contributed by atoms with Crippen LogP contribution in [0.2, 0.25) is 0 Å². The van der Waals surface area contributed by atoms with Gasteiger partial charge in [-0.1, -0.05) is 60.7 Å². The summed E-state index contributed by atoms with van der Waals surface area (Å²) in [6, 6.07) is 18.1. The van der Waals surface area contributed by atoms with Crippen molar-refractivity contribution in [3.8, 4) is 0 Å². The van der Waals surface area contributed by atoms with E-state index >= 15 is 0 Å². The van der Waals surface area contributed by atoms with E-state index in [1.54, 1.807) is 24.3 Å². The molecule has 0 atom stereocenters. The first-order valence-corrected chi connectivity index (χ1v) is 9.69. The van der Waals surface area contributed by atoms with E-state index in [0.29, 0.717) is 17.2 Å². The van der Waals surface area contributed by atoms with E-state index in [2.05, 4.69) is 5.32 Å². The number of nitrogens with one attached hydrogen (secondary N) is 1. The molecule has 0 aromatic heterocycles. The van der Waals surface area contributed by atoms with Crippen LogP contribution in [0.1, 0.15) is 0 Å². The molecule has 0 heterocycles. The minimum Gasteiger partial charge on any atom is -0.853 e. The van der Waals surface area contributed by atoms with Crippen LogP contribution in [0.15, 0.2) is 60.7 Å². The van der Waals surface area contributed by atoms with Crippen molar-refractivity contribution in [2.75, 3.05) is 32.5 Å². The van der Waals surface area contributed by atoms with Crippen LogP contribution < -0.4 is 21.0 Å². The third-order valence-electron chi connectivity index (χ3n) is 3.51. The molecule has 0 saturated carbocycles. The zero-order chi connectivity index (χ0) is 17.3. The lowest BCUT2D eigenvalue weighted by molar-refractivity contribution is -0.374. The van der Waals surface area contributed by atoms with Crippen LogP contribution in [-0.4, -0.2) is 38.4 Å². The normalized spacial score (nSPS) is 11.2. The van der Waals surface area contributed by atoms with Crippen LogP contribution in [0.25, 0.3) is 0 Å². The lowest BCUT2D eigenvalue weighted by Crippen LogP contribution is -2.33. The van der Waals surface area contributed by atoms with Gasteiger partial charge < -0.3 is 19.7 Å². The van der Waals surface area contributed by atoms with Crippen molar-refractivity contribution in [1.82, 2.24) is 5.32 Å². The SMILES string of the molecule is O=C(CP(=O)(c1ccccc1)c1ccccc1)NCCOCC[O-]. The molecule has 24 heavy (non-hydrogen) atoms. The second kappa shape index (κ2) is 9.38. The second-order valence-electron chi connectivity index (χ2n) is 5.24. The summed E-state index contributed by atoms with van der Waals surface area (Å²) >= 11 is 0. The predicted octanol–water partition coefficient (Wildman–Crippen LogP) is 0.494. The van der Waals surface area contributed by atoms with E-state index in [0.717, 1.165) is 0 Å². The van der Waals surface area contributed by atoms with Gasteiger partial charge in [0.05, 0.1) is 12.8 Å². The predicted molar refractivity (Wildman–Crippen MR) is 93.3 cm³/mol. The molecule has 2 aromatic rings. The lowest BCUT2D eigenvalue weighted by Gasteiger charge is -2.19. The summed E-state index contributed by atoms with van der Waals surface area (Å²) in [6.07, 6.45) is -0.0947. The standard InChI is InChI=1S/C18H21NO4P/c20-12-14-23-13-11-19-18(21)15-24(22,16-7-3-1-4-8-16)17-9-5-2-6-10-17/h1-10H,11-15H2,(H,19,21)/q-1. The molecule has 0 radical (unpaired) electrons. The van der Waals surface area contributed by atoms with Gasteiger partial charge in [0.2, 0.25) is 5.91 Å². The van der Waals surface area contributed by atoms with Crippen LogP contribution in [-0.2, 0) is 14.1 Å². The molecule has 0 unspecified atom stereocenters. The average molecular weight is 346 g/mol. The molecule has 0 spiro atoms. The summed E-state index contributed by atoms with van der Waals surface area (Å²) in [6.45, 7) is 0.394. The number of amides is 1. The van der Waals surface area contributed by atoms with Crippen molar-refractivity contribution < 1.29 is 19.2 Å². The van der Waals surface area contributed by atoms with Gasteiger partial charge in [-0.25, -0.2) is 0 Å². The van der Waals surface area contributed by atoms with Gasteiger partial charge in [-0.3, -0.25) is 4.79 Å². The van der Waals surface area contributed by atoms with E-state index < -0.39 is 7.14 Å². The molecule has 2 aromatic carbocycles. The molecule has 0 saturated heterocycles. The minimum atomic E-state index is -3.04. The molecule has 0 bridgehead atoms. The van der Waals surface area contributed by atoms with E-state index in [4.69, 9.17) is 4.74 Å². The van der Waals surface area contributed by atoms with Crippen LogP contribution in [0, 0.1) is 0 Å². The van der Waals surface area contributed by atoms with Crippen molar-refractivity contribution in [3.05, 3.63) is 60.7 Å². The van der Waals surface area contributed by atoms with Crippen LogP contribution in [0.5, 0.6) is 0 Å². The van der Waals surface area contributed by atoms with Crippen LogP contribution in [0.3, 0.4) is 0 Å². The van der Waals surface area contributed by atoms with Gasteiger partial charge in [-0.15, -0.1) is 6.61 Å². The molecule has 1 amide bonds. The average Bonchev–Trinajstić information content (AvgIpc) is 2.63. The van der Waals surface area contributed by atoms with Gasteiger partial charge in [0.25, 0.3) is 0 Å². The number of hydrogen-bond acceptors (Lipinski definition) is 4. The molecule has 5 nitrogen and oxygen atoms in total. The molecule has 0 aliphatic heterocycles. The Labute approximate surface area is 142 Å². The molecule has 0 fully saturated rings. The van der Waals surface area contributed by atoms with Gasteiger partial charge in [0.15, 0.2) is 7.14 Å². The maximum Gasteiger partial charge on any atom is 0.228 e. The van der Waals surface area contributed by atoms with Crippen LogP contribution >= 0.6 is 7.14 Å².